The fourth-order valence-corrected chi connectivity index (χ4v) is 3.12. The Morgan fingerprint density at radius 3 is 2.67 bits per heavy atom. The Hall–Kier alpha value is -1.98. The number of hydrogen-bond donors (Lipinski definition) is 1. The van der Waals surface area contributed by atoms with Gasteiger partial charge in [0.25, 0.3) is 0 Å². The number of nitrogens with zero attached hydrogens (tertiary/aromatic N) is 4. The molecule has 1 aromatic heterocycles. The first-order valence-corrected chi connectivity index (χ1v) is 7.33. The minimum absolute atomic E-state index is 0.260. The van der Waals surface area contributed by atoms with Gasteiger partial charge in [-0.1, -0.05) is 13.8 Å². The van der Waals surface area contributed by atoms with Gasteiger partial charge in [0, 0.05) is 16.8 Å². The van der Waals surface area contributed by atoms with E-state index >= 15 is 0 Å². The zero-order chi connectivity index (χ0) is 15.1. The van der Waals surface area contributed by atoms with Gasteiger partial charge in [0.15, 0.2) is 5.82 Å². The Morgan fingerprint density at radius 1 is 1.29 bits per heavy atom. The molecule has 0 amide bonds. The van der Waals surface area contributed by atoms with Crippen molar-refractivity contribution in [3.05, 3.63) is 23.5 Å². The third-order valence-corrected chi connectivity index (χ3v) is 4.87. The molecule has 3 rings (SSSR count). The molecule has 3 atom stereocenters. The lowest BCUT2D eigenvalue weighted by molar-refractivity contribution is 0.328. The quantitative estimate of drug-likeness (QED) is 0.863. The summed E-state index contributed by atoms with van der Waals surface area (Å²) in [6, 6.07) is 3.45. The predicted octanol–water partition coefficient (Wildman–Crippen LogP) is 2.98. The number of aromatic nitrogens is 4. The van der Waals surface area contributed by atoms with Crippen LogP contribution in [0.15, 0.2) is 12.1 Å². The Bertz CT molecular complexity index is 643. The summed E-state index contributed by atoms with van der Waals surface area (Å²) in [6.45, 7) is 6.13. The minimum atomic E-state index is -0.326. The van der Waals surface area contributed by atoms with E-state index in [2.05, 4.69) is 29.4 Å². The Balaban J connectivity index is 2.04. The SMILES string of the molecule is Cc1c(N)cc(-c2nnnn2C2CCC(C)C2C)cc1F. The molecule has 1 fully saturated rings. The molecule has 21 heavy (non-hydrogen) atoms. The third kappa shape index (κ3) is 2.28. The summed E-state index contributed by atoms with van der Waals surface area (Å²) in [4.78, 5) is 0. The molecular weight excluding hydrogens is 269 g/mol. The number of hydrogen-bond acceptors (Lipinski definition) is 4. The molecule has 2 N–H and O–H groups in total. The largest absolute Gasteiger partial charge is 0.398 e. The molecule has 0 spiro atoms. The van der Waals surface area contributed by atoms with Crippen LogP contribution in [-0.2, 0) is 0 Å². The molecule has 2 aromatic rings. The summed E-state index contributed by atoms with van der Waals surface area (Å²) in [5.41, 5.74) is 7.38. The molecule has 0 aliphatic heterocycles. The van der Waals surface area contributed by atoms with Crippen LogP contribution >= 0.6 is 0 Å². The van der Waals surface area contributed by atoms with E-state index in [4.69, 9.17) is 5.73 Å². The number of nitrogens with two attached hydrogens (primary N) is 1. The number of benzene rings is 1. The van der Waals surface area contributed by atoms with E-state index < -0.39 is 0 Å². The predicted molar refractivity (Wildman–Crippen MR) is 79.0 cm³/mol. The summed E-state index contributed by atoms with van der Waals surface area (Å²) in [5.74, 6) is 1.41. The highest BCUT2D eigenvalue weighted by Gasteiger charge is 2.33. The summed E-state index contributed by atoms with van der Waals surface area (Å²) in [5, 5.41) is 12.0. The third-order valence-electron chi connectivity index (χ3n) is 4.87. The van der Waals surface area contributed by atoms with Crippen molar-refractivity contribution in [2.75, 3.05) is 5.73 Å². The molecule has 6 heteroatoms. The van der Waals surface area contributed by atoms with E-state index in [1.807, 2.05) is 4.68 Å². The normalized spacial score (nSPS) is 25.4. The fraction of sp³-hybridized carbons (Fsp3) is 0.533. The van der Waals surface area contributed by atoms with Gasteiger partial charge in [-0.15, -0.1) is 5.10 Å². The molecule has 0 saturated heterocycles. The average molecular weight is 289 g/mol. The Morgan fingerprint density at radius 2 is 2.05 bits per heavy atom. The van der Waals surface area contributed by atoms with Gasteiger partial charge in [-0.2, -0.15) is 0 Å². The zero-order valence-electron chi connectivity index (χ0n) is 12.5. The maximum atomic E-state index is 13.9. The van der Waals surface area contributed by atoms with Crippen LogP contribution in [0.5, 0.6) is 0 Å². The number of rotatable bonds is 2. The van der Waals surface area contributed by atoms with E-state index in [0.717, 1.165) is 12.8 Å². The summed E-state index contributed by atoms with van der Waals surface area (Å²) in [7, 11) is 0. The number of tetrazole rings is 1. The summed E-state index contributed by atoms with van der Waals surface area (Å²) >= 11 is 0. The van der Waals surface area contributed by atoms with Crippen molar-refractivity contribution < 1.29 is 4.39 Å². The fourth-order valence-electron chi connectivity index (χ4n) is 3.12. The molecular formula is C15H20FN5. The Labute approximate surface area is 123 Å². The average Bonchev–Trinajstić information content (AvgIpc) is 3.04. The lowest BCUT2D eigenvalue weighted by Gasteiger charge is -2.19. The second kappa shape index (κ2) is 5.09. The highest BCUT2D eigenvalue weighted by Crippen LogP contribution is 2.40. The van der Waals surface area contributed by atoms with Crippen LogP contribution in [0.1, 0.15) is 38.3 Å². The standard InChI is InChI=1S/C15H20FN5/c1-8-4-5-14(9(8)2)21-15(18-19-20-21)11-6-12(16)10(3)13(17)7-11/h6-9,14H,4-5,17H2,1-3H3. The second-order valence-electron chi connectivity index (χ2n) is 6.10. The van der Waals surface area contributed by atoms with Gasteiger partial charge < -0.3 is 5.73 Å². The molecule has 1 aliphatic rings. The summed E-state index contributed by atoms with van der Waals surface area (Å²) in [6.07, 6.45) is 2.21. The number of halogens is 1. The van der Waals surface area contributed by atoms with Crippen LogP contribution in [0.3, 0.4) is 0 Å². The molecule has 0 radical (unpaired) electrons. The molecule has 112 valence electrons. The molecule has 1 aliphatic carbocycles. The maximum Gasteiger partial charge on any atom is 0.182 e. The lowest BCUT2D eigenvalue weighted by atomic mass is 9.97. The maximum absolute atomic E-state index is 13.9. The van der Waals surface area contributed by atoms with Crippen molar-refractivity contribution in [1.82, 2.24) is 20.2 Å². The van der Waals surface area contributed by atoms with Gasteiger partial charge in [0.2, 0.25) is 0 Å². The van der Waals surface area contributed by atoms with E-state index in [1.165, 1.54) is 6.07 Å². The highest BCUT2D eigenvalue weighted by atomic mass is 19.1. The van der Waals surface area contributed by atoms with Crippen molar-refractivity contribution >= 4 is 5.69 Å². The first-order valence-electron chi connectivity index (χ1n) is 7.33. The van der Waals surface area contributed by atoms with Gasteiger partial charge in [0.05, 0.1) is 6.04 Å². The molecule has 3 unspecified atom stereocenters. The molecule has 0 bridgehead atoms. The van der Waals surface area contributed by atoms with Crippen molar-refractivity contribution in [2.45, 2.75) is 39.7 Å². The van der Waals surface area contributed by atoms with Crippen LogP contribution < -0.4 is 5.73 Å². The van der Waals surface area contributed by atoms with E-state index in [0.29, 0.717) is 34.5 Å². The molecule has 1 saturated carbocycles. The van der Waals surface area contributed by atoms with Crippen molar-refractivity contribution in [3.63, 3.8) is 0 Å². The van der Waals surface area contributed by atoms with Gasteiger partial charge in [-0.3, -0.25) is 0 Å². The number of nitrogen functional groups attached to an aromatic ring is 1. The zero-order valence-corrected chi connectivity index (χ0v) is 12.5. The second-order valence-corrected chi connectivity index (χ2v) is 6.10. The van der Waals surface area contributed by atoms with Gasteiger partial charge in [0.1, 0.15) is 5.82 Å². The summed E-state index contributed by atoms with van der Waals surface area (Å²) < 4.78 is 15.8. The van der Waals surface area contributed by atoms with Crippen molar-refractivity contribution in [1.29, 1.82) is 0 Å². The first kappa shape index (κ1) is 14.0. The molecule has 1 aromatic carbocycles. The van der Waals surface area contributed by atoms with Crippen LogP contribution in [0.25, 0.3) is 11.4 Å². The smallest absolute Gasteiger partial charge is 0.182 e. The Kier molecular flexibility index (Phi) is 3.39. The van der Waals surface area contributed by atoms with E-state index in [9.17, 15) is 4.39 Å². The van der Waals surface area contributed by atoms with E-state index in [1.54, 1.807) is 13.0 Å². The highest BCUT2D eigenvalue weighted by molar-refractivity contribution is 5.64. The van der Waals surface area contributed by atoms with Gasteiger partial charge in [-0.25, -0.2) is 9.07 Å². The van der Waals surface area contributed by atoms with Crippen LogP contribution in [0.2, 0.25) is 0 Å². The van der Waals surface area contributed by atoms with Crippen molar-refractivity contribution in [2.24, 2.45) is 11.8 Å². The lowest BCUT2D eigenvalue weighted by Crippen LogP contribution is -2.17. The monoisotopic (exact) mass is 289 g/mol. The van der Waals surface area contributed by atoms with Crippen LogP contribution in [-0.4, -0.2) is 20.2 Å². The molecule has 5 nitrogen and oxygen atoms in total. The minimum Gasteiger partial charge on any atom is -0.398 e. The van der Waals surface area contributed by atoms with Crippen molar-refractivity contribution in [3.8, 4) is 11.4 Å². The van der Waals surface area contributed by atoms with Gasteiger partial charge >= 0.3 is 0 Å². The molecule has 1 heterocycles. The van der Waals surface area contributed by atoms with E-state index in [-0.39, 0.29) is 11.9 Å². The first-order chi connectivity index (χ1) is 9.99. The topological polar surface area (TPSA) is 69.6 Å². The number of anilines is 1. The van der Waals surface area contributed by atoms with Gasteiger partial charge in [-0.05, 0) is 54.2 Å². The van der Waals surface area contributed by atoms with Crippen LogP contribution in [0.4, 0.5) is 10.1 Å². The van der Waals surface area contributed by atoms with Crippen LogP contribution in [0, 0.1) is 24.6 Å².